The summed E-state index contributed by atoms with van der Waals surface area (Å²) in [5.41, 5.74) is 1.06. The first-order valence-electron chi connectivity index (χ1n) is 10.0. The third kappa shape index (κ3) is 4.19. The second kappa shape index (κ2) is 8.11. The number of nitrogens with zero attached hydrogens (tertiary/aromatic N) is 3. The van der Waals surface area contributed by atoms with Crippen LogP contribution in [-0.4, -0.2) is 41.9 Å². The zero-order valence-electron chi connectivity index (χ0n) is 16.3. The first-order valence-corrected chi connectivity index (χ1v) is 10.0. The molecule has 2 fully saturated rings. The molecule has 4 rings (SSSR count). The Morgan fingerprint density at radius 1 is 1.00 bits per heavy atom. The van der Waals surface area contributed by atoms with Crippen molar-refractivity contribution in [3.63, 3.8) is 0 Å². The Morgan fingerprint density at radius 3 is 2.20 bits per heavy atom. The minimum absolute atomic E-state index is 0.00557. The molecule has 4 nitrogen and oxygen atoms in total. The van der Waals surface area contributed by atoms with Crippen molar-refractivity contribution in [2.75, 3.05) is 26.2 Å². The molecule has 7 heteroatoms. The zero-order valence-corrected chi connectivity index (χ0v) is 16.3. The maximum absolute atomic E-state index is 12.8. The number of hydrogen-bond acceptors (Lipinski definition) is 3. The van der Waals surface area contributed by atoms with Crippen LogP contribution in [0, 0.1) is 17.2 Å². The monoisotopic (exact) mass is 413 g/mol. The molecular weight excluding hydrogens is 391 g/mol. The molecule has 1 aliphatic heterocycles. The van der Waals surface area contributed by atoms with Gasteiger partial charge in [-0.15, -0.1) is 0 Å². The number of halogens is 3. The van der Waals surface area contributed by atoms with Gasteiger partial charge < -0.3 is 4.90 Å². The summed E-state index contributed by atoms with van der Waals surface area (Å²) in [6.45, 7) is 2.35. The van der Waals surface area contributed by atoms with Crippen molar-refractivity contribution in [3.8, 4) is 6.07 Å². The first-order chi connectivity index (χ1) is 14.4. The molecule has 1 heterocycles. The van der Waals surface area contributed by atoms with Gasteiger partial charge in [-0.05, 0) is 35.6 Å². The molecule has 0 N–H and O–H groups in total. The van der Waals surface area contributed by atoms with Gasteiger partial charge in [-0.2, -0.15) is 18.4 Å². The predicted molar refractivity (Wildman–Crippen MR) is 105 cm³/mol. The highest BCUT2D eigenvalue weighted by molar-refractivity contribution is 5.83. The lowest BCUT2D eigenvalue weighted by molar-refractivity contribution is -0.137. The fraction of sp³-hybridized carbons (Fsp3) is 0.391. The van der Waals surface area contributed by atoms with E-state index in [9.17, 15) is 23.2 Å². The highest BCUT2D eigenvalue weighted by Gasteiger charge is 2.46. The van der Waals surface area contributed by atoms with Crippen molar-refractivity contribution in [3.05, 3.63) is 71.3 Å². The van der Waals surface area contributed by atoms with Crippen LogP contribution in [0.3, 0.4) is 0 Å². The van der Waals surface area contributed by atoms with Crippen molar-refractivity contribution < 1.29 is 18.0 Å². The molecule has 0 bridgehead atoms. The molecule has 3 unspecified atom stereocenters. The van der Waals surface area contributed by atoms with Gasteiger partial charge in [0.2, 0.25) is 5.91 Å². The Balaban J connectivity index is 1.33. The fourth-order valence-corrected chi connectivity index (χ4v) is 4.19. The van der Waals surface area contributed by atoms with E-state index in [-0.39, 0.29) is 23.8 Å². The maximum Gasteiger partial charge on any atom is 0.416 e. The van der Waals surface area contributed by atoms with Crippen LogP contribution < -0.4 is 0 Å². The van der Waals surface area contributed by atoms with E-state index in [0.717, 1.165) is 23.3 Å². The molecule has 1 saturated carbocycles. The zero-order chi connectivity index (χ0) is 21.3. The Morgan fingerprint density at radius 2 is 1.63 bits per heavy atom. The third-order valence-electron chi connectivity index (χ3n) is 6.00. The van der Waals surface area contributed by atoms with Crippen LogP contribution >= 0.6 is 0 Å². The number of amides is 1. The summed E-state index contributed by atoms with van der Waals surface area (Å²) in [6.07, 6.45) is -3.67. The smallest absolute Gasteiger partial charge is 0.340 e. The summed E-state index contributed by atoms with van der Waals surface area (Å²) in [6, 6.07) is 16.8. The van der Waals surface area contributed by atoms with Gasteiger partial charge in [0.25, 0.3) is 0 Å². The lowest BCUT2D eigenvalue weighted by Gasteiger charge is -2.37. The topological polar surface area (TPSA) is 47.3 Å². The second-order valence-electron chi connectivity index (χ2n) is 7.87. The van der Waals surface area contributed by atoms with Crippen LogP contribution in [-0.2, 0) is 11.0 Å². The van der Waals surface area contributed by atoms with E-state index in [1.54, 1.807) is 0 Å². The molecule has 0 spiro atoms. The largest absolute Gasteiger partial charge is 0.416 e. The van der Waals surface area contributed by atoms with Crippen molar-refractivity contribution in [1.29, 1.82) is 5.26 Å². The average Bonchev–Trinajstić information content (AvgIpc) is 3.55. The second-order valence-corrected chi connectivity index (χ2v) is 7.87. The minimum atomic E-state index is -4.35. The van der Waals surface area contributed by atoms with E-state index >= 15 is 0 Å². The first kappa shape index (κ1) is 20.4. The summed E-state index contributed by atoms with van der Waals surface area (Å²) in [4.78, 5) is 16.8. The van der Waals surface area contributed by atoms with E-state index in [2.05, 4.69) is 11.0 Å². The summed E-state index contributed by atoms with van der Waals surface area (Å²) in [5.74, 6) is -0.101. The molecule has 3 atom stereocenters. The van der Waals surface area contributed by atoms with Crippen molar-refractivity contribution >= 4 is 5.91 Å². The highest BCUT2D eigenvalue weighted by Crippen LogP contribution is 2.49. The molecule has 1 saturated heterocycles. The van der Waals surface area contributed by atoms with Gasteiger partial charge in [0.15, 0.2) is 0 Å². The van der Waals surface area contributed by atoms with Crippen LogP contribution in [0.2, 0.25) is 0 Å². The Hall–Kier alpha value is -2.85. The van der Waals surface area contributed by atoms with Crippen molar-refractivity contribution in [1.82, 2.24) is 9.80 Å². The van der Waals surface area contributed by atoms with Crippen LogP contribution in [0.25, 0.3) is 0 Å². The van der Waals surface area contributed by atoms with E-state index in [1.165, 1.54) is 12.1 Å². The van der Waals surface area contributed by atoms with Crippen molar-refractivity contribution in [2.45, 2.75) is 24.6 Å². The molecule has 2 aliphatic rings. The lowest BCUT2D eigenvalue weighted by Crippen LogP contribution is -2.50. The molecule has 2 aromatic carbocycles. The number of benzene rings is 2. The van der Waals surface area contributed by atoms with Gasteiger partial charge in [-0.1, -0.05) is 42.5 Å². The SMILES string of the molecule is N#CC(c1ccccc1)N1CCN(C(=O)C2CC2c2ccc(C(F)(F)F)cc2)CC1. The average molecular weight is 413 g/mol. The number of nitriles is 1. The minimum Gasteiger partial charge on any atom is -0.340 e. The van der Waals surface area contributed by atoms with E-state index < -0.39 is 11.7 Å². The molecular formula is C23H22F3N3O. The number of alkyl halides is 3. The Bertz CT molecular complexity index is 929. The summed E-state index contributed by atoms with van der Waals surface area (Å²) in [5, 5.41) is 9.59. The van der Waals surface area contributed by atoms with Crippen LogP contribution in [0.4, 0.5) is 13.2 Å². The molecule has 30 heavy (non-hydrogen) atoms. The lowest BCUT2D eigenvalue weighted by atomic mass is 10.0. The fourth-order valence-electron chi connectivity index (χ4n) is 4.19. The normalized spacial score (nSPS) is 22.9. The number of rotatable bonds is 4. The van der Waals surface area contributed by atoms with Crippen molar-refractivity contribution in [2.24, 2.45) is 5.92 Å². The summed E-state index contributed by atoms with van der Waals surface area (Å²) >= 11 is 0. The third-order valence-corrected chi connectivity index (χ3v) is 6.00. The number of carbonyl (C=O) groups is 1. The summed E-state index contributed by atoms with van der Waals surface area (Å²) in [7, 11) is 0. The number of carbonyl (C=O) groups excluding carboxylic acids is 1. The van der Waals surface area contributed by atoms with Gasteiger partial charge in [0.1, 0.15) is 6.04 Å². The standard InChI is InChI=1S/C23H22F3N3O/c24-23(25,26)18-8-6-16(7-9-18)19-14-20(19)22(30)29-12-10-28(11-13-29)21(15-27)17-4-2-1-3-5-17/h1-9,19-21H,10-14H2. The van der Waals surface area contributed by atoms with Gasteiger partial charge in [0.05, 0.1) is 11.6 Å². The summed E-state index contributed by atoms with van der Waals surface area (Å²) < 4.78 is 38.2. The van der Waals surface area contributed by atoms with E-state index in [0.29, 0.717) is 32.6 Å². The Kier molecular flexibility index (Phi) is 5.52. The molecule has 156 valence electrons. The Labute approximate surface area is 173 Å². The predicted octanol–water partition coefficient (Wildman–Crippen LogP) is 4.22. The highest BCUT2D eigenvalue weighted by atomic mass is 19.4. The van der Waals surface area contributed by atoms with E-state index in [4.69, 9.17) is 0 Å². The maximum atomic E-state index is 12.8. The van der Waals surface area contributed by atoms with E-state index in [1.807, 2.05) is 35.2 Å². The van der Waals surface area contributed by atoms with Crippen LogP contribution in [0.5, 0.6) is 0 Å². The van der Waals surface area contributed by atoms with Gasteiger partial charge in [-0.3, -0.25) is 9.69 Å². The van der Waals surface area contributed by atoms with Gasteiger partial charge in [-0.25, -0.2) is 0 Å². The number of piperazine rings is 1. The quantitative estimate of drug-likeness (QED) is 0.754. The van der Waals surface area contributed by atoms with Crippen LogP contribution in [0.15, 0.2) is 54.6 Å². The van der Waals surface area contributed by atoms with Gasteiger partial charge in [0, 0.05) is 32.1 Å². The number of hydrogen-bond donors (Lipinski definition) is 0. The molecule has 0 aromatic heterocycles. The van der Waals surface area contributed by atoms with Gasteiger partial charge >= 0.3 is 6.18 Å². The molecule has 1 amide bonds. The van der Waals surface area contributed by atoms with Crippen LogP contribution in [0.1, 0.15) is 35.1 Å². The molecule has 0 radical (unpaired) electrons. The molecule has 2 aromatic rings. The molecule has 1 aliphatic carbocycles.